The lowest BCUT2D eigenvalue weighted by atomic mass is 10.2. The predicted octanol–water partition coefficient (Wildman–Crippen LogP) is 3.62. The molecule has 3 aromatic rings. The monoisotopic (exact) mass is 347 g/mol. The van der Waals surface area contributed by atoms with E-state index in [-0.39, 0.29) is 0 Å². The highest BCUT2D eigenvalue weighted by molar-refractivity contribution is 7.71. The average molecular weight is 348 g/mol. The number of nitrogens with zero attached hydrogens (tertiary/aromatic N) is 5. The number of benzene rings is 1. The summed E-state index contributed by atoms with van der Waals surface area (Å²) in [4.78, 5) is 11.0. The van der Waals surface area contributed by atoms with Gasteiger partial charge in [0.1, 0.15) is 0 Å². The van der Waals surface area contributed by atoms with Crippen LogP contribution in [-0.2, 0) is 13.2 Å². The molecule has 2 aromatic heterocycles. The molecule has 0 fully saturated rings. The Morgan fingerprint density at radius 1 is 1.17 bits per heavy atom. The molecule has 23 heavy (non-hydrogen) atoms. The van der Waals surface area contributed by atoms with Gasteiger partial charge in [-0.2, -0.15) is 4.98 Å². The third-order valence-corrected chi connectivity index (χ3v) is 4.17. The summed E-state index contributed by atoms with van der Waals surface area (Å²) in [6.07, 6.45) is 0. The van der Waals surface area contributed by atoms with Gasteiger partial charge in [0.25, 0.3) is 5.78 Å². The number of aryl methyl sites for hydroxylation is 2. The van der Waals surface area contributed by atoms with Gasteiger partial charge in [-0.3, -0.25) is 4.90 Å². The molecule has 0 atom stereocenters. The summed E-state index contributed by atoms with van der Waals surface area (Å²) in [6, 6.07) is 9.90. The second-order valence-corrected chi connectivity index (χ2v) is 6.53. The third-order valence-electron chi connectivity index (χ3n) is 3.62. The lowest BCUT2D eigenvalue weighted by Gasteiger charge is -2.18. The van der Waals surface area contributed by atoms with Gasteiger partial charge in [-0.25, -0.2) is 14.2 Å². The summed E-state index contributed by atoms with van der Waals surface area (Å²) in [5.41, 5.74) is 3.20. The molecule has 0 aliphatic rings. The van der Waals surface area contributed by atoms with E-state index in [9.17, 15) is 0 Å². The number of rotatable bonds is 4. The molecule has 0 unspecified atom stereocenters. The van der Waals surface area contributed by atoms with Crippen LogP contribution in [0.1, 0.15) is 17.0 Å². The van der Waals surface area contributed by atoms with Gasteiger partial charge < -0.3 is 0 Å². The zero-order valence-electron chi connectivity index (χ0n) is 13.3. The molecule has 1 aromatic carbocycles. The third kappa shape index (κ3) is 3.44. The Hall–Kier alpha value is -1.76. The van der Waals surface area contributed by atoms with Crippen LogP contribution in [0.4, 0.5) is 0 Å². The van der Waals surface area contributed by atoms with Crippen LogP contribution in [0.3, 0.4) is 0 Å². The van der Waals surface area contributed by atoms with Crippen molar-refractivity contribution in [2.45, 2.75) is 27.1 Å². The summed E-state index contributed by atoms with van der Waals surface area (Å²) in [5, 5.41) is 0.748. The lowest BCUT2D eigenvalue weighted by Crippen LogP contribution is -2.24. The Bertz CT molecular complexity index is 897. The van der Waals surface area contributed by atoms with E-state index in [0.29, 0.717) is 17.2 Å². The lowest BCUT2D eigenvalue weighted by molar-refractivity contribution is 0.238. The quantitative estimate of drug-likeness (QED) is 0.676. The van der Waals surface area contributed by atoms with Crippen molar-refractivity contribution in [1.29, 1.82) is 0 Å². The molecule has 5 nitrogen and oxygen atoms in total. The maximum absolute atomic E-state index is 5.93. The molecule has 0 aliphatic heterocycles. The molecule has 0 aliphatic carbocycles. The fourth-order valence-electron chi connectivity index (χ4n) is 2.66. The standard InChI is InChI=1S/C16H18ClN5S/c1-11-8-12(2)22-15(18-11)19-16(23)21(22)10-20(3)9-13-4-6-14(17)7-5-13/h4-8H,9-10H2,1-3H3. The van der Waals surface area contributed by atoms with Crippen molar-refractivity contribution >= 4 is 29.6 Å². The second-order valence-electron chi connectivity index (χ2n) is 5.73. The van der Waals surface area contributed by atoms with Gasteiger partial charge in [0, 0.05) is 23.0 Å². The molecule has 3 rings (SSSR count). The summed E-state index contributed by atoms with van der Waals surface area (Å²) in [6.45, 7) is 5.42. The second kappa shape index (κ2) is 6.39. The fourth-order valence-corrected chi connectivity index (χ4v) is 3.01. The molecule has 7 heteroatoms. The minimum Gasteiger partial charge on any atom is -0.283 e. The molecule has 2 heterocycles. The van der Waals surface area contributed by atoms with Crippen LogP contribution in [0.15, 0.2) is 30.3 Å². The number of hydrogen-bond acceptors (Lipinski definition) is 4. The van der Waals surface area contributed by atoms with Gasteiger partial charge in [-0.15, -0.1) is 0 Å². The average Bonchev–Trinajstić information content (AvgIpc) is 2.77. The Balaban J connectivity index is 1.87. The van der Waals surface area contributed by atoms with E-state index in [0.717, 1.165) is 23.0 Å². The molecule has 0 spiro atoms. The van der Waals surface area contributed by atoms with E-state index in [1.165, 1.54) is 5.56 Å². The van der Waals surface area contributed by atoms with Gasteiger partial charge >= 0.3 is 0 Å². The summed E-state index contributed by atoms with van der Waals surface area (Å²) in [7, 11) is 2.05. The molecule has 0 bridgehead atoms. The van der Waals surface area contributed by atoms with Crippen molar-refractivity contribution < 1.29 is 0 Å². The smallest absolute Gasteiger partial charge is 0.252 e. The van der Waals surface area contributed by atoms with Crippen molar-refractivity contribution in [1.82, 2.24) is 24.1 Å². The topological polar surface area (TPSA) is 38.4 Å². The molecule has 0 saturated carbocycles. The highest BCUT2D eigenvalue weighted by Crippen LogP contribution is 2.12. The Morgan fingerprint density at radius 2 is 1.87 bits per heavy atom. The number of halogens is 1. The number of hydrogen-bond donors (Lipinski definition) is 0. The summed E-state index contributed by atoms with van der Waals surface area (Å²) >= 11 is 11.3. The number of aromatic nitrogens is 4. The van der Waals surface area contributed by atoms with Crippen LogP contribution in [0.2, 0.25) is 5.02 Å². The van der Waals surface area contributed by atoms with E-state index in [2.05, 4.69) is 14.9 Å². The number of fused-ring (bicyclic) bond motifs is 1. The Morgan fingerprint density at radius 3 is 2.57 bits per heavy atom. The minimum atomic E-state index is 0.536. The van der Waals surface area contributed by atoms with Crippen molar-refractivity contribution in [3.63, 3.8) is 0 Å². The van der Waals surface area contributed by atoms with Crippen LogP contribution in [0, 0.1) is 18.6 Å². The van der Waals surface area contributed by atoms with Crippen LogP contribution >= 0.6 is 23.8 Å². The molecule has 0 amide bonds. The van der Waals surface area contributed by atoms with Crippen molar-refractivity contribution in [3.8, 4) is 0 Å². The minimum absolute atomic E-state index is 0.536. The van der Waals surface area contributed by atoms with Crippen molar-refractivity contribution in [2.75, 3.05) is 7.05 Å². The highest BCUT2D eigenvalue weighted by atomic mass is 35.5. The Labute approximate surface area is 145 Å². The van der Waals surface area contributed by atoms with Gasteiger partial charge in [-0.05, 0) is 56.9 Å². The first-order valence-corrected chi connectivity index (χ1v) is 8.09. The zero-order chi connectivity index (χ0) is 16.6. The molecular weight excluding hydrogens is 330 g/mol. The molecule has 120 valence electrons. The SMILES string of the molecule is Cc1cc(C)n2c(n1)nc(=S)n2CN(C)Cc1ccc(Cl)cc1. The first-order chi connectivity index (χ1) is 10.9. The zero-order valence-corrected chi connectivity index (χ0v) is 14.9. The van der Waals surface area contributed by atoms with Crippen LogP contribution in [0.25, 0.3) is 5.78 Å². The van der Waals surface area contributed by atoms with E-state index >= 15 is 0 Å². The first kappa shape index (κ1) is 16.1. The van der Waals surface area contributed by atoms with E-state index in [1.807, 2.05) is 60.4 Å². The van der Waals surface area contributed by atoms with E-state index in [4.69, 9.17) is 23.8 Å². The van der Waals surface area contributed by atoms with E-state index < -0.39 is 0 Å². The molecule has 0 N–H and O–H groups in total. The van der Waals surface area contributed by atoms with Gasteiger partial charge in [0.15, 0.2) is 0 Å². The maximum Gasteiger partial charge on any atom is 0.252 e. The molecule has 0 saturated heterocycles. The molecular formula is C16H18ClN5S. The van der Waals surface area contributed by atoms with Crippen LogP contribution in [0.5, 0.6) is 0 Å². The van der Waals surface area contributed by atoms with Gasteiger partial charge in [0.05, 0.1) is 6.67 Å². The summed E-state index contributed by atoms with van der Waals surface area (Å²) < 4.78 is 4.46. The van der Waals surface area contributed by atoms with Gasteiger partial charge in [-0.1, -0.05) is 23.7 Å². The predicted molar refractivity (Wildman–Crippen MR) is 94.2 cm³/mol. The fraction of sp³-hybridized carbons (Fsp3) is 0.312. The first-order valence-electron chi connectivity index (χ1n) is 7.31. The normalized spacial score (nSPS) is 11.5. The van der Waals surface area contributed by atoms with Crippen molar-refractivity contribution in [3.05, 3.63) is 57.1 Å². The van der Waals surface area contributed by atoms with Crippen LogP contribution in [-0.4, -0.2) is 31.1 Å². The van der Waals surface area contributed by atoms with E-state index in [1.54, 1.807) is 0 Å². The highest BCUT2D eigenvalue weighted by Gasteiger charge is 2.10. The largest absolute Gasteiger partial charge is 0.283 e. The Kier molecular flexibility index (Phi) is 4.48. The summed E-state index contributed by atoms with van der Waals surface area (Å²) in [5.74, 6) is 0.646. The maximum atomic E-state index is 5.93. The van der Waals surface area contributed by atoms with Crippen LogP contribution < -0.4 is 0 Å². The van der Waals surface area contributed by atoms with Crippen molar-refractivity contribution in [2.24, 2.45) is 0 Å². The van der Waals surface area contributed by atoms with Gasteiger partial charge in [0.2, 0.25) is 4.77 Å². The molecule has 0 radical (unpaired) electrons.